The summed E-state index contributed by atoms with van der Waals surface area (Å²) in [5.74, 6) is 0.769. The van der Waals surface area contributed by atoms with Crippen LogP contribution in [0.15, 0.2) is 28.7 Å². The number of para-hydroxylation sites is 1. The van der Waals surface area contributed by atoms with Crippen molar-refractivity contribution in [3.63, 3.8) is 0 Å². The third kappa shape index (κ3) is 1.55. The average molecular weight is 197 g/mol. The first-order valence-corrected chi connectivity index (χ1v) is 4.47. The van der Waals surface area contributed by atoms with Gasteiger partial charge in [-0.3, -0.25) is 0 Å². The topological polar surface area (TPSA) is 33.4 Å². The van der Waals surface area contributed by atoms with Crippen LogP contribution >= 0.6 is 11.6 Å². The van der Waals surface area contributed by atoms with Crippen LogP contribution in [0.25, 0.3) is 11.0 Å². The standard InChI is InChI=1S/C10H9ClO2/c11-9-3-1-2-7-6-8(4-5-12)13-10(7)9/h1-3,6,12H,4-5H2. The van der Waals surface area contributed by atoms with E-state index in [4.69, 9.17) is 21.1 Å². The number of benzene rings is 1. The second-order valence-electron chi connectivity index (χ2n) is 2.84. The maximum atomic E-state index is 8.72. The van der Waals surface area contributed by atoms with E-state index < -0.39 is 0 Å². The van der Waals surface area contributed by atoms with Crippen molar-refractivity contribution in [1.82, 2.24) is 0 Å². The number of fused-ring (bicyclic) bond motifs is 1. The molecule has 0 aliphatic carbocycles. The Hall–Kier alpha value is -0.990. The number of aliphatic hydroxyl groups is 1. The van der Waals surface area contributed by atoms with Crippen molar-refractivity contribution < 1.29 is 9.52 Å². The van der Waals surface area contributed by atoms with Gasteiger partial charge in [0.2, 0.25) is 0 Å². The van der Waals surface area contributed by atoms with E-state index in [-0.39, 0.29) is 6.61 Å². The third-order valence-corrected chi connectivity index (χ3v) is 2.20. The molecular weight excluding hydrogens is 188 g/mol. The zero-order chi connectivity index (χ0) is 9.26. The van der Waals surface area contributed by atoms with Crippen molar-refractivity contribution in [1.29, 1.82) is 0 Å². The van der Waals surface area contributed by atoms with Gasteiger partial charge in [-0.25, -0.2) is 0 Å². The molecular formula is C10H9ClO2. The van der Waals surface area contributed by atoms with E-state index in [2.05, 4.69) is 0 Å². The smallest absolute Gasteiger partial charge is 0.152 e. The largest absolute Gasteiger partial charge is 0.459 e. The second-order valence-corrected chi connectivity index (χ2v) is 3.25. The van der Waals surface area contributed by atoms with Gasteiger partial charge in [-0.05, 0) is 12.1 Å². The van der Waals surface area contributed by atoms with Crippen LogP contribution in [0.4, 0.5) is 0 Å². The van der Waals surface area contributed by atoms with Crippen LogP contribution in [-0.2, 0) is 6.42 Å². The van der Waals surface area contributed by atoms with Gasteiger partial charge in [-0.2, -0.15) is 0 Å². The van der Waals surface area contributed by atoms with Crippen LogP contribution in [0.1, 0.15) is 5.76 Å². The Kier molecular flexibility index (Phi) is 2.25. The molecule has 0 spiro atoms. The number of hydrogen-bond acceptors (Lipinski definition) is 2. The molecule has 13 heavy (non-hydrogen) atoms. The number of furan rings is 1. The van der Waals surface area contributed by atoms with Gasteiger partial charge in [-0.15, -0.1) is 0 Å². The van der Waals surface area contributed by atoms with Crippen molar-refractivity contribution in [2.45, 2.75) is 6.42 Å². The first kappa shape index (κ1) is 8.60. The molecule has 0 bridgehead atoms. The molecule has 0 aliphatic rings. The molecule has 0 aliphatic heterocycles. The molecule has 68 valence electrons. The molecule has 1 N–H and O–H groups in total. The zero-order valence-corrected chi connectivity index (χ0v) is 7.71. The quantitative estimate of drug-likeness (QED) is 0.801. The lowest BCUT2D eigenvalue weighted by Gasteiger charge is -1.90. The molecule has 0 saturated heterocycles. The Morgan fingerprint density at radius 2 is 2.23 bits per heavy atom. The maximum absolute atomic E-state index is 8.72. The van der Waals surface area contributed by atoms with E-state index in [1.54, 1.807) is 6.07 Å². The molecule has 0 atom stereocenters. The van der Waals surface area contributed by atoms with Gasteiger partial charge in [0, 0.05) is 11.8 Å². The Morgan fingerprint density at radius 1 is 1.38 bits per heavy atom. The van der Waals surface area contributed by atoms with Crippen molar-refractivity contribution in [3.8, 4) is 0 Å². The predicted octanol–water partition coefficient (Wildman–Crippen LogP) is 2.62. The lowest BCUT2D eigenvalue weighted by atomic mass is 10.2. The summed E-state index contributed by atoms with van der Waals surface area (Å²) in [5, 5.41) is 10.3. The van der Waals surface area contributed by atoms with Crippen molar-refractivity contribution in [3.05, 3.63) is 35.0 Å². The van der Waals surface area contributed by atoms with Crippen LogP contribution in [0.2, 0.25) is 5.02 Å². The van der Waals surface area contributed by atoms with Crippen LogP contribution in [0.3, 0.4) is 0 Å². The Balaban J connectivity index is 2.55. The summed E-state index contributed by atoms with van der Waals surface area (Å²) >= 11 is 5.91. The predicted molar refractivity (Wildman–Crippen MR) is 52.0 cm³/mol. The Labute approximate surface area is 80.7 Å². The molecule has 0 radical (unpaired) electrons. The van der Waals surface area contributed by atoms with E-state index in [0.29, 0.717) is 17.0 Å². The molecule has 1 aromatic carbocycles. The summed E-state index contributed by atoms with van der Waals surface area (Å²) < 4.78 is 5.45. The minimum atomic E-state index is 0.0947. The molecule has 1 aromatic heterocycles. The van der Waals surface area contributed by atoms with Crippen molar-refractivity contribution >= 4 is 22.6 Å². The normalized spacial score (nSPS) is 10.9. The average Bonchev–Trinajstić information content (AvgIpc) is 2.49. The summed E-state index contributed by atoms with van der Waals surface area (Å²) in [6.45, 7) is 0.0947. The fourth-order valence-electron chi connectivity index (χ4n) is 1.31. The van der Waals surface area contributed by atoms with Crippen LogP contribution in [0, 0.1) is 0 Å². The minimum absolute atomic E-state index is 0.0947. The first-order valence-electron chi connectivity index (χ1n) is 4.09. The first-order chi connectivity index (χ1) is 6.31. The number of aliphatic hydroxyl groups excluding tert-OH is 1. The van der Waals surface area contributed by atoms with Crippen LogP contribution < -0.4 is 0 Å². The number of hydrogen-bond donors (Lipinski definition) is 1. The summed E-state index contributed by atoms with van der Waals surface area (Å²) in [6, 6.07) is 7.50. The van der Waals surface area contributed by atoms with E-state index in [1.165, 1.54) is 0 Å². The van der Waals surface area contributed by atoms with Gasteiger partial charge < -0.3 is 9.52 Å². The molecule has 1 heterocycles. The lowest BCUT2D eigenvalue weighted by Crippen LogP contribution is -1.85. The highest BCUT2D eigenvalue weighted by atomic mass is 35.5. The fraction of sp³-hybridized carbons (Fsp3) is 0.200. The van der Waals surface area contributed by atoms with E-state index in [9.17, 15) is 0 Å². The molecule has 0 unspecified atom stereocenters. The summed E-state index contributed by atoms with van der Waals surface area (Å²) in [4.78, 5) is 0. The van der Waals surface area contributed by atoms with E-state index in [1.807, 2.05) is 18.2 Å². The van der Waals surface area contributed by atoms with Gasteiger partial charge in [-0.1, -0.05) is 23.7 Å². The number of rotatable bonds is 2. The highest BCUT2D eigenvalue weighted by Gasteiger charge is 2.05. The van der Waals surface area contributed by atoms with Gasteiger partial charge in [0.1, 0.15) is 5.76 Å². The Morgan fingerprint density at radius 3 is 2.92 bits per heavy atom. The molecule has 3 heteroatoms. The van der Waals surface area contributed by atoms with Crippen molar-refractivity contribution in [2.24, 2.45) is 0 Å². The third-order valence-electron chi connectivity index (χ3n) is 1.91. The molecule has 0 fully saturated rings. The van der Waals surface area contributed by atoms with Gasteiger partial charge in [0.25, 0.3) is 0 Å². The fourth-order valence-corrected chi connectivity index (χ4v) is 1.53. The zero-order valence-electron chi connectivity index (χ0n) is 6.96. The van der Waals surface area contributed by atoms with E-state index in [0.717, 1.165) is 11.1 Å². The second kappa shape index (κ2) is 3.40. The molecule has 2 rings (SSSR count). The molecule has 0 saturated carbocycles. The minimum Gasteiger partial charge on any atom is -0.459 e. The number of halogens is 1. The maximum Gasteiger partial charge on any atom is 0.152 e. The summed E-state index contributed by atoms with van der Waals surface area (Å²) in [7, 11) is 0. The van der Waals surface area contributed by atoms with Crippen molar-refractivity contribution in [2.75, 3.05) is 6.61 Å². The highest BCUT2D eigenvalue weighted by Crippen LogP contribution is 2.26. The van der Waals surface area contributed by atoms with Gasteiger partial charge in [0.15, 0.2) is 5.58 Å². The van der Waals surface area contributed by atoms with Gasteiger partial charge >= 0.3 is 0 Å². The molecule has 0 amide bonds. The molecule has 2 aromatic rings. The monoisotopic (exact) mass is 196 g/mol. The Bertz CT molecular complexity index is 420. The molecule has 2 nitrogen and oxygen atoms in total. The van der Waals surface area contributed by atoms with Crippen LogP contribution in [0.5, 0.6) is 0 Å². The highest BCUT2D eigenvalue weighted by molar-refractivity contribution is 6.34. The summed E-state index contributed by atoms with van der Waals surface area (Å²) in [6.07, 6.45) is 0.533. The summed E-state index contributed by atoms with van der Waals surface area (Å²) in [5.41, 5.74) is 0.701. The lowest BCUT2D eigenvalue weighted by molar-refractivity contribution is 0.289. The SMILES string of the molecule is OCCc1cc2cccc(Cl)c2o1. The van der Waals surface area contributed by atoms with E-state index >= 15 is 0 Å². The van der Waals surface area contributed by atoms with Crippen LogP contribution in [-0.4, -0.2) is 11.7 Å². The van der Waals surface area contributed by atoms with Gasteiger partial charge in [0.05, 0.1) is 11.6 Å².